The number of ether oxygens (including phenoxy) is 1. The third-order valence-electron chi connectivity index (χ3n) is 4.16. The van der Waals surface area contributed by atoms with Crippen molar-refractivity contribution in [2.75, 3.05) is 5.32 Å². The van der Waals surface area contributed by atoms with Crippen LogP contribution in [0.2, 0.25) is 5.02 Å². The molecule has 0 fully saturated rings. The van der Waals surface area contributed by atoms with Crippen molar-refractivity contribution < 1.29 is 44.8 Å². The van der Waals surface area contributed by atoms with Gasteiger partial charge in [-0.2, -0.15) is 13.2 Å². The number of benzene rings is 2. The normalized spacial score (nSPS) is 11.5. The SMILES string of the molecule is Cc1onc(C(=O)Nc2c(F)c(F)c(C(F)(F)F)c(F)c2F)c1COc1cccc(Cl)c1. The van der Waals surface area contributed by atoms with Gasteiger partial charge in [-0.05, 0) is 25.1 Å². The van der Waals surface area contributed by atoms with Gasteiger partial charge >= 0.3 is 6.18 Å². The number of nitrogens with zero attached hydrogens (tertiary/aromatic N) is 1. The van der Waals surface area contributed by atoms with E-state index in [0.29, 0.717) is 5.02 Å². The van der Waals surface area contributed by atoms with E-state index in [-0.39, 0.29) is 23.7 Å². The zero-order chi connectivity index (χ0) is 23.8. The second-order valence-corrected chi connectivity index (χ2v) is 6.71. The number of carbonyl (C=O) groups is 1. The standard InChI is InChI=1S/C19H10ClF7N2O3/c1-7-10(6-31-9-4-2-3-8(20)5-9)16(29-32-7)18(30)28-17-14(23)12(21)11(19(25,26)27)13(22)15(17)24/h2-5H,6H2,1H3,(H,28,30). The quantitative estimate of drug-likeness (QED) is 0.355. The predicted molar refractivity (Wildman–Crippen MR) is 96.3 cm³/mol. The predicted octanol–water partition coefficient (Wildman–Crippen LogP) is 6.04. The minimum atomic E-state index is -5.72. The Hall–Kier alpha value is -3.28. The van der Waals surface area contributed by atoms with E-state index < -0.39 is 52.3 Å². The first-order valence-corrected chi connectivity index (χ1v) is 8.87. The van der Waals surface area contributed by atoms with E-state index in [0.717, 1.165) is 0 Å². The molecule has 0 atom stereocenters. The number of nitrogens with one attached hydrogen (secondary N) is 1. The van der Waals surface area contributed by atoms with E-state index in [1.165, 1.54) is 24.4 Å². The molecule has 0 saturated heterocycles. The van der Waals surface area contributed by atoms with E-state index in [1.807, 2.05) is 0 Å². The van der Waals surface area contributed by atoms with Crippen molar-refractivity contribution in [3.63, 3.8) is 0 Å². The van der Waals surface area contributed by atoms with Crippen LogP contribution in [0.4, 0.5) is 36.4 Å². The summed E-state index contributed by atoms with van der Waals surface area (Å²) in [7, 11) is 0. The Morgan fingerprint density at radius 2 is 1.75 bits per heavy atom. The molecule has 3 rings (SSSR count). The molecule has 0 radical (unpaired) electrons. The van der Waals surface area contributed by atoms with Crippen LogP contribution in [0.5, 0.6) is 5.75 Å². The maximum atomic E-state index is 14.0. The van der Waals surface area contributed by atoms with Gasteiger partial charge in [0, 0.05) is 5.02 Å². The van der Waals surface area contributed by atoms with Crippen LogP contribution in [0.3, 0.4) is 0 Å². The molecule has 0 spiro atoms. The molecule has 0 aliphatic rings. The number of amides is 1. The van der Waals surface area contributed by atoms with E-state index >= 15 is 0 Å². The number of rotatable bonds is 5. The Kier molecular flexibility index (Phi) is 6.35. The van der Waals surface area contributed by atoms with Gasteiger partial charge in [-0.1, -0.05) is 22.8 Å². The molecule has 0 bridgehead atoms. The van der Waals surface area contributed by atoms with Gasteiger partial charge in [-0.25, -0.2) is 17.6 Å². The summed E-state index contributed by atoms with van der Waals surface area (Å²) in [6, 6.07) is 6.13. The highest BCUT2D eigenvalue weighted by Crippen LogP contribution is 2.38. The van der Waals surface area contributed by atoms with Gasteiger partial charge in [0.15, 0.2) is 29.0 Å². The first-order chi connectivity index (χ1) is 14.9. The summed E-state index contributed by atoms with van der Waals surface area (Å²) in [5.74, 6) is -11.4. The van der Waals surface area contributed by atoms with Crippen LogP contribution in [-0.2, 0) is 12.8 Å². The highest BCUT2D eigenvalue weighted by molar-refractivity contribution is 6.30. The number of hydrogen-bond donors (Lipinski definition) is 1. The number of anilines is 1. The van der Waals surface area contributed by atoms with Crippen molar-refractivity contribution in [1.82, 2.24) is 5.16 Å². The minimum Gasteiger partial charge on any atom is -0.489 e. The van der Waals surface area contributed by atoms with Crippen molar-refractivity contribution >= 4 is 23.2 Å². The molecular formula is C19H10ClF7N2O3. The van der Waals surface area contributed by atoms with Crippen molar-refractivity contribution in [3.8, 4) is 5.75 Å². The smallest absolute Gasteiger partial charge is 0.422 e. The number of hydrogen-bond acceptors (Lipinski definition) is 4. The summed E-state index contributed by atoms with van der Waals surface area (Å²) in [6.45, 7) is 1.04. The fourth-order valence-corrected chi connectivity index (χ4v) is 2.80. The van der Waals surface area contributed by atoms with Crippen molar-refractivity contribution in [2.24, 2.45) is 0 Å². The molecule has 0 unspecified atom stereocenters. The van der Waals surface area contributed by atoms with Crippen LogP contribution in [0.25, 0.3) is 0 Å². The van der Waals surface area contributed by atoms with Crippen molar-refractivity contribution in [1.29, 1.82) is 0 Å². The van der Waals surface area contributed by atoms with Crippen molar-refractivity contribution in [2.45, 2.75) is 19.7 Å². The van der Waals surface area contributed by atoms with E-state index in [2.05, 4.69) is 5.16 Å². The fourth-order valence-electron chi connectivity index (χ4n) is 2.61. The van der Waals surface area contributed by atoms with Crippen LogP contribution >= 0.6 is 11.6 Å². The molecule has 1 N–H and O–H groups in total. The van der Waals surface area contributed by atoms with Gasteiger partial charge in [-0.3, -0.25) is 4.79 Å². The Morgan fingerprint density at radius 1 is 1.12 bits per heavy atom. The summed E-state index contributed by atoms with van der Waals surface area (Å²) >= 11 is 5.83. The Morgan fingerprint density at radius 3 is 2.31 bits per heavy atom. The van der Waals surface area contributed by atoms with Gasteiger partial charge in [0.05, 0.1) is 5.56 Å². The highest BCUT2D eigenvalue weighted by Gasteiger charge is 2.42. The van der Waals surface area contributed by atoms with Gasteiger partial charge in [0.2, 0.25) is 0 Å². The first kappa shape index (κ1) is 23.4. The lowest BCUT2D eigenvalue weighted by Gasteiger charge is -2.14. The average molecular weight is 483 g/mol. The molecule has 2 aromatic carbocycles. The van der Waals surface area contributed by atoms with Crippen LogP contribution < -0.4 is 10.1 Å². The molecular weight excluding hydrogens is 473 g/mol. The van der Waals surface area contributed by atoms with Crippen LogP contribution in [0.1, 0.15) is 27.4 Å². The lowest BCUT2D eigenvalue weighted by atomic mass is 10.1. The number of alkyl halides is 3. The molecule has 32 heavy (non-hydrogen) atoms. The summed E-state index contributed by atoms with van der Waals surface area (Å²) in [5.41, 5.74) is -5.11. The molecule has 1 heterocycles. The maximum absolute atomic E-state index is 14.0. The molecule has 3 aromatic rings. The second-order valence-electron chi connectivity index (χ2n) is 6.27. The van der Waals surface area contributed by atoms with Crippen LogP contribution in [0, 0.1) is 30.2 Å². The molecule has 0 aliphatic carbocycles. The first-order valence-electron chi connectivity index (χ1n) is 8.49. The second kappa shape index (κ2) is 8.69. The molecule has 0 saturated carbocycles. The summed E-state index contributed by atoms with van der Waals surface area (Å²) < 4.78 is 104. The fraction of sp³-hybridized carbons (Fsp3) is 0.158. The minimum absolute atomic E-state index is 0.00357. The van der Waals surface area contributed by atoms with Crippen LogP contribution in [0.15, 0.2) is 28.8 Å². The number of aromatic nitrogens is 1. The van der Waals surface area contributed by atoms with Gasteiger partial charge in [-0.15, -0.1) is 0 Å². The summed E-state index contributed by atoms with van der Waals surface area (Å²) in [5, 5.41) is 5.22. The maximum Gasteiger partial charge on any atom is 0.422 e. The van der Waals surface area contributed by atoms with E-state index in [1.54, 1.807) is 12.1 Å². The Balaban J connectivity index is 1.90. The third-order valence-corrected chi connectivity index (χ3v) is 4.40. The molecule has 1 aromatic heterocycles. The zero-order valence-electron chi connectivity index (χ0n) is 15.7. The summed E-state index contributed by atoms with van der Waals surface area (Å²) in [4.78, 5) is 12.4. The monoisotopic (exact) mass is 482 g/mol. The molecule has 1 amide bonds. The zero-order valence-corrected chi connectivity index (χ0v) is 16.5. The largest absolute Gasteiger partial charge is 0.489 e. The summed E-state index contributed by atoms with van der Waals surface area (Å²) in [6.07, 6.45) is -5.72. The van der Waals surface area contributed by atoms with E-state index in [9.17, 15) is 35.5 Å². The van der Waals surface area contributed by atoms with Gasteiger partial charge in [0.1, 0.15) is 29.4 Å². The highest BCUT2D eigenvalue weighted by atomic mass is 35.5. The molecule has 5 nitrogen and oxygen atoms in total. The Labute approximate surface area is 179 Å². The number of aryl methyl sites for hydroxylation is 1. The number of halogens is 8. The molecule has 0 aliphatic heterocycles. The van der Waals surface area contributed by atoms with Crippen LogP contribution in [-0.4, -0.2) is 11.1 Å². The lowest BCUT2D eigenvalue weighted by Crippen LogP contribution is -2.21. The van der Waals surface area contributed by atoms with Crippen molar-refractivity contribution in [3.05, 3.63) is 75.1 Å². The topological polar surface area (TPSA) is 64.4 Å². The van der Waals surface area contributed by atoms with Gasteiger partial charge < -0.3 is 14.6 Å². The lowest BCUT2D eigenvalue weighted by molar-refractivity contribution is -0.143. The Bertz CT molecular complexity index is 1170. The third kappa shape index (κ3) is 4.49. The molecule has 13 heteroatoms. The average Bonchev–Trinajstić information content (AvgIpc) is 3.07. The number of carbonyl (C=O) groups excluding carboxylic acids is 1. The van der Waals surface area contributed by atoms with Gasteiger partial charge in [0.25, 0.3) is 5.91 Å². The molecule has 170 valence electrons. The van der Waals surface area contributed by atoms with E-state index in [4.69, 9.17) is 20.9 Å².